The van der Waals surface area contributed by atoms with Gasteiger partial charge in [-0.05, 0) is 42.8 Å². The molecule has 1 aromatic heterocycles. The van der Waals surface area contributed by atoms with E-state index in [4.69, 9.17) is 4.52 Å². The molecule has 0 fully saturated rings. The molecule has 0 aliphatic carbocycles. The number of phenolic OH excluding ortho intramolecular Hbond substituents is 1. The Morgan fingerprint density at radius 1 is 1.10 bits per heavy atom. The number of aromatic hydroxyl groups is 1. The van der Waals surface area contributed by atoms with Gasteiger partial charge in [0.1, 0.15) is 11.6 Å². The van der Waals surface area contributed by atoms with Crippen LogP contribution in [0.3, 0.4) is 0 Å². The smallest absolute Gasteiger partial charge is 0.258 e. The van der Waals surface area contributed by atoms with Gasteiger partial charge in [-0.2, -0.15) is 4.98 Å². The van der Waals surface area contributed by atoms with E-state index in [2.05, 4.69) is 10.1 Å². The molecule has 100 valence electrons. The van der Waals surface area contributed by atoms with Gasteiger partial charge in [0, 0.05) is 11.1 Å². The van der Waals surface area contributed by atoms with Crippen LogP contribution in [0.1, 0.15) is 5.56 Å². The summed E-state index contributed by atoms with van der Waals surface area (Å²) in [6.07, 6.45) is 0. The molecule has 0 unspecified atom stereocenters. The second-order valence-corrected chi connectivity index (χ2v) is 4.43. The Morgan fingerprint density at radius 3 is 2.70 bits per heavy atom. The van der Waals surface area contributed by atoms with Crippen molar-refractivity contribution in [1.82, 2.24) is 10.1 Å². The summed E-state index contributed by atoms with van der Waals surface area (Å²) < 4.78 is 18.3. The SMILES string of the molecule is Cc1cc(-c2nc(-c3cccc(F)c3)no2)ccc1O. The number of phenols is 1. The van der Waals surface area contributed by atoms with Crippen LogP contribution in [0.5, 0.6) is 5.75 Å². The molecule has 5 heteroatoms. The van der Waals surface area contributed by atoms with Crippen molar-refractivity contribution in [3.63, 3.8) is 0 Å². The van der Waals surface area contributed by atoms with Crippen LogP contribution in [0.4, 0.5) is 4.39 Å². The molecule has 0 aliphatic heterocycles. The van der Waals surface area contributed by atoms with Gasteiger partial charge in [-0.1, -0.05) is 17.3 Å². The van der Waals surface area contributed by atoms with Gasteiger partial charge in [-0.3, -0.25) is 0 Å². The maximum Gasteiger partial charge on any atom is 0.258 e. The lowest BCUT2D eigenvalue weighted by molar-refractivity contribution is 0.432. The number of hydrogen-bond donors (Lipinski definition) is 1. The number of benzene rings is 2. The predicted octanol–water partition coefficient (Wildman–Crippen LogP) is 3.56. The van der Waals surface area contributed by atoms with Crippen molar-refractivity contribution in [3.8, 4) is 28.6 Å². The zero-order valence-electron chi connectivity index (χ0n) is 10.7. The van der Waals surface area contributed by atoms with Crippen molar-refractivity contribution >= 4 is 0 Å². The minimum atomic E-state index is -0.352. The van der Waals surface area contributed by atoms with Crippen LogP contribution in [0.2, 0.25) is 0 Å². The third-order valence-corrected chi connectivity index (χ3v) is 2.95. The zero-order valence-corrected chi connectivity index (χ0v) is 10.7. The highest BCUT2D eigenvalue weighted by Crippen LogP contribution is 2.26. The summed E-state index contributed by atoms with van der Waals surface area (Å²) in [6.45, 7) is 1.78. The largest absolute Gasteiger partial charge is 0.508 e. The number of aryl methyl sites for hydroxylation is 1. The van der Waals surface area contributed by atoms with Crippen LogP contribution in [-0.2, 0) is 0 Å². The molecule has 0 saturated heterocycles. The summed E-state index contributed by atoms with van der Waals surface area (Å²) >= 11 is 0. The van der Waals surface area contributed by atoms with Gasteiger partial charge in [0.25, 0.3) is 5.89 Å². The average molecular weight is 270 g/mol. The first-order chi connectivity index (χ1) is 9.63. The van der Waals surface area contributed by atoms with E-state index in [0.717, 1.165) is 0 Å². The molecule has 0 bridgehead atoms. The summed E-state index contributed by atoms with van der Waals surface area (Å²) in [5, 5.41) is 13.3. The summed E-state index contributed by atoms with van der Waals surface area (Å²) in [4.78, 5) is 4.24. The lowest BCUT2D eigenvalue weighted by atomic mass is 10.1. The number of aromatic nitrogens is 2. The molecular formula is C15H11FN2O2. The molecule has 3 rings (SSSR count). The van der Waals surface area contributed by atoms with Gasteiger partial charge in [-0.15, -0.1) is 0 Å². The molecule has 1 N–H and O–H groups in total. The second kappa shape index (κ2) is 4.77. The maximum atomic E-state index is 13.2. The molecule has 0 aliphatic rings. The molecule has 4 nitrogen and oxygen atoms in total. The molecule has 0 spiro atoms. The molecule has 0 saturated carbocycles. The van der Waals surface area contributed by atoms with Gasteiger partial charge < -0.3 is 9.63 Å². The summed E-state index contributed by atoms with van der Waals surface area (Å²) in [5.41, 5.74) is 1.97. The van der Waals surface area contributed by atoms with E-state index >= 15 is 0 Å². The fourth-order valence-corrected chi connectivity index (χ4v) is 1.87. The predicted molar refractivity (Wildman–Crippen MR) is 71.5 cm³/mol. The Labute approximate surface area is 114 Å². The standard InChI is InChI=1S/C15H11FN2O2/c1-9-7-11(5-6-13(9)19)15-17-14(18-20-15)10-3-2-4-12(16)8-10/h2-8,19H,1H3. The normalized spacial score (nSPS) is 10.7. The van der Waals surface area contributed by atoms with Crippen molar-refractivity contribution in [1.29, 1.82) is 0 Å². The van der Waals surface area contributed by atoms with E-state index in [0.29, 0.717) is 28.4 Å². The van der Waals surface area contributed by atoms with E-state index in [9.17, 15) is 9.50 Å². The second-order valence-electron chi connectivity index (χ2n) is 4.43. The number of hydrogen-bond acceptors (Lipinski definition) is 4. The minimum absolute atomic E-state index is 0.207. The Balaban J connectivity index is 1.99. The summed E-state index contributed by atoms with van der Waals surface area (Å²) in [5.74, 6) is 0.505. The van der Waals surface area contributed by atoms with Crippen molar-refractivity contribution in [3.05, 3.63) is 53.8 Å². The lowest BCUT2D eigenvalue weighted by Gasteiger charge is -1.99. The summed E-state index contributed by atoms with van der Waals surface area (Å²) in [7, 11) is 0. The van der Waals surface area contributed by atoms with Crippen molar-refractivity contribution in [2.24, 2.45) is 0 Å². The topological polar surface area (TPSA) is 59.2 Å². The van der Waals surface area contributed by atoms with Crippen LogP contribution in [0.25, 0.3) is 22.8 Å². The Morgan fingerprint density at radius 2 is 1.95 bits per heavy atom. The van der Waals surface area contributed by atoms with Crippen molar-refractivity contribution < 1.29 is 14.0 Å². The number of nitrogens with zero attached hydrogens (tertiary/aromatic N) is 2. The van der Waals surface area contributed by atoms with Crippen LogP contribution in [0.15, 0.2) is 47.0 Å². The molecule has 3 aromatic rings. The van der Waals surface area contributed by atoms with Gasteiger partial charge in [0.05, 0.1) is 0 Å². The molecule has 0 atom stereocenters. The fourth-order valence-electron chi connectivity index (χ4n) is 1.87. The van der Waals surface area contributed by atoms with Crippen LogP contribution < -0.4 is 0 Å². The first-order valence-electron chi connectivity index (χ1n) is 6.03. The average Bonchev–Trinajstić information content (AvgIpc) is 2.92. The molecule has 0 amide bonds. The minimum Gasteiger partial charge on any atom is -0.508 e. The van der Waals surface area contributed by atoms with Crippen molar-refractivity contribution in [2.45, 2.75) is 6.92 Å². The van der Waals surface area contributed by atoms with Crippen LogP contribution in [0, 0.1) is 12.7 Å². The zero-order chi connectivity index (χ0) is 14.1. The number of rotatable bonds is 2. The third-order valence-electron chi connectivity index (χ3n) is 2.95. The molecule has 20 heavy (non-hydrogen) atoms. The van der Waals surface area contributed by atoms with Gasteiger partial charge in [0.15, 0.2) is 0 Å². The summed E-state index contributed by atoms with van der Waals surface area (Å²) in [6, 6.07) is 11.0. The maximum absolute atomic E-state index is 13.2. The van der Waals surface area contributed by atoms with E-state index in [1.807, 2.05) is 0 Å². The molecule has 1 heterocycles. The quantitative estimate of drug-likeness (QED) is 0.773. The molecule has 2 aromatic carbocycles. The molecule has 0 radical (unpaired) electrons. The lowest BCUT2D eigenvalue weighted by Crippen LogP contribution is -1.83. The van der Waals surface area contributed by atoms with E-state index in [1.165, 1.54) is 12.1 Å². The Hall–Kier alpha value is -2.69. The third kappa shape index (κ3) is 2.25. The highest BCUT2D eigenvalue weighted by molar-refractivity contribution is 5.61. The van der Waals surface area contributed by atoms with Crippen LogP contribution >= 0.6 is 0 Å². The Kier molecular flexibility index (Phi) is 2.95. The van der Waals surface area contributed by atoms with Gasteiger partial charge in [-0.25, -0.2) is 4.39 Å². The van der Waals surface area contributed by atoms with Crippen molar-refractivity contribution in [2.75, 3.05) is 0 Å². The van der Waals surface area contributed by atoms with Gasteiger partial charge >= 0.3 is 0 Å². The fraction of sp³-hybridized carbons (Fsp3) is 0.0667. The molecular weight excluding hydrogens is 259 g/mol. The van der Waals surface area contributed by atoms with Gasteiger partial charge in [0.2, 0.25) is 5.82 Å². The highest BCUT2D eigenvalue weighted by atomic mass is 19.1. The highest BCUT2D eigenvalue weighted by Gasteiger charge is 2.11. The first kappa shape index (κ1) is 12.3. The van der Waals surface area contributed by atoms with E-state index in [-0.39, 0.29) is 11.6 Å². The van der Waals surface area contributed by atoms with E-state index in [1.54, 1.807) is 37.3 Å². The van der Waals surface area contributed by atoms with E-state index < -0.39 is 0 Å². The Bertz CT molecular complexity index is 768. The van der Waals surface area contributed by atoms with Crippen LogP contribution in [-0.4, -0.2) is 15.2 Å². The monoisotopic (exact) mass is 270 g/mol. The number of halogens is 1. The first-order valence-corrected chi connectivity index (χ1v) is 6.03.